The number of amides is 1. The molecule has 2 aromatic rings. The minimum Gasteiger partial charge on any atom is -0.497 e. The largest absolute Gasteiger partial charge is 0.497 e. The topological polar surface area (TPSA) is 78.5 Å². The minimum atomic E-state index is -1.13. The highest BCUT2D eigenvalue weighted by Gasteiger charge is 2.43. The molecule has 2 atom stereocenters. The molecule has 1 aliphatic heterocycles. The van der Waals surface area contributed by atoms with Crippen molar-refractivity contribution in [3.63, 3.8) is 0 Å². The lowest BCUT2D eigenvalue weighted by Gasteiger charge is -2.36. The number of ether oxygens (including phenoxy) is 1. The van der Waals surface area contributed by atoms with E-state index in [1.165, 1.54) is 0 Å². The lowest BCUT2D eigenvalue weighted by Crippen LogP contribution is -2.48. The number of aromatic amines is 1. The second-order valence-electron chi connectivity index (χ2n) is 6.00. The number of methoxy groups -OCH3 is 1. The van der Waals surface area contributed by atoms with Crippen molar-refractivity contribution in [2.24, 2.45) is 0 Å². The third-order valence-electron chi connectivity index (χ3n) is 4.57. The van der Waals surface area contributed by atoms with Gasteiger partial charge in [-0.1, -0.05) is 12.1 Å². The molecule has 1 aromatic heterocycles. The van der Waals surface area contributed by atoms with E-state index in [0.29, 0.717) is 12.2 Å². The number of aromatic nitrogens is 2. The molecule has 122 valence electrons. The van der Waals surface area contributed by atoms with Gasteiger partial charge in [0.2, 0.25) is 0 Å². The van der Waals surface area contributed by atoms with Gasteiger partial charge < -0.3 is 14.7 Å². The minimum absolute atomic E-state index is 0.126. The Hall–Kier alpha value is -2.34. The molecule has 2 N–H and O–H groups in total. The number of benzene rings is 1. The first-order valence-corrected chi connectivity index (χ1v) is 7.71. The smallest absolute Gasteiger partial charge is 0.272 e. The molecule has 1 aliphatic rings. The molecular formula is C17H21N3O3. The predicted octanol–water partition coefficient (Wildman–Crippen LogP) is 1.93. The summed E-state index contributed by atoms with van der Waals surface area (Å²) >= 11 is 0. The molecule has 2 heterocycles. The molecule has 0 radical (unpaired) electrons. The third kappa shape index (κ3) is 2.82. The van der Waals surface area contributed by atoms with Gasteiger partial charge in [-0.2, -0.15) is 5.10 Å². The van der Waals surface area contributed by atoms with Crippen molar-refractivity contribution in [2.75, 3.05) is 13.7 Å². The molecule has 1 aromatic carbocycles. The van der Waals surface area contributed by atoms with Crippen LogP contribution in [0.4, 0.5) is 0 Å². The number of hydrogen-bond donors (Lipinski definition) is 2. The van der Waals surface area contributed by atoms with E-state index >= 15 is 0 Å². The Bertz CT molecular complexity index is 665. The van der Waals surface area contributed by atoms with Crippen molar-refractivity contribution in [1.29, 1.82) is 0 Å². The molecule has 0 aliphatic carbocycles. The molecule has 6 heteroatoms. The van der Waals surface area contributed by atoms with Gasteiger partial charge in [0.25, 0.3) is 5.91 Å². The molecule has 1 amide bonds. The van der Waals surface area contributed by atoms with Crippen LogP contribution in [-0.4, -0.2) is 45.8 Å². The third-order valence-corrected chi connectivity index (χ3v) is 4.57. The Morgan fingerprint density at radius 3 is 2.74 bits per heavy atom. The number of rotatable bonds is 4. The van der Waals surface area contributed by atoms with Crippen LogP contribution in [0.3, 0.4) is 0 Å². The Labute approximate surface area is 135 Å². The highest BCUT2D eigenvalue weighted by molar-refractivity contribution is 5.92. The summed E-state index contributed by atoms with van der Waals surface area (Å²) in [6.45, 7) is 2.40. The maximum atomic E-state index is 12.6. The predicted molar refractivity (Wildman–Crippen MR) is 85.2 cm³/mol. The zero-order chi connectivity index (χ0) is 16.4. The molecular weight excluding hydrogens is 294 g/mol. The van der Waals surface area contributed by atoms with Crippen molar-refractivity contribution < 1.29 is 14.6 Å². The van der Waals surface area contributed by atoms with Gasteiger partial charge in [-0.15, -0.1) is 0 Å². The van der Waals surface area contributed by atoms with Crippen molar-refractivity contribution in [1.82, 2.24) is 15.1 Å². The van der Waals surface area contributed by atoms with E-state index in [4.69, 9.17) is 4.74 Å². The number of H-pyrrole nitrogens is 1. The molecule has 0 bridgehead atoms. The van der Waals surface area contributed by atoms with E-state index in [2.05, 4.69) is 10.2 Å². The van der Waals surface area contributed by atoms with E-state index in [-0.39, 0.29) is 11.9 Å². The summed E-state index contributed by atoms with van der Waals surface area (Å²) in [5.74, 6) is 0.611. The second kappa shape index (κ2) is 6.04. The van der Waals surface area contributed by atoms with E-state index in [1.807, 2.05) is 24.3 Å². The van der Waals surface area contributed by atoms with Crippen LogP contribution in [-0.2, 0) is 5.60 Å². The SMILES string of the molecule is COc1ccc([C@](C)(O)[C@H]2CCCN2C(=O)c2ccn[nH]2)cc1. The van der Waals surface area contributed by atoms with Gasteiger partial charge in [0, 0.05) is 12.7 Å². The van der Waals surface area contributed by atoms with Crippen LogP contribution in [0.2, 0.25) is 0 Å². The summed E-state index contributed by atoms with van der Waals surface area (Å²) in [4.78, 5) is 14.4. The first-order valence-electron chi connectivity index (χ1n) is 7.71. The fourth-order valence-electron chi connectivity index (χ4n) is 3.24. The van der Waals surface area contributed by atoms with E-state index in [0.717, 1.165) is 24.2 Å². The Morgan fingerprint density at radius 1 is 1.39 bits per heavy atom. The van der Waals surface area contributed by atoms with Crippen LogP contribution in [0.15, 0.2) is 36.5 Å². The number of nitrogens with zero attached hydrogens (tertiary/aromatic N) is 2. The van der Waals surface area contributed by atoms with Crippen molar-refractivity contribution in [2.45, 2.75) is 31.4 Å². The molecule has 0 spiro atoms. The number of likely N-dealkylation sites (tertiary alicyclic amines) is 1. The van der Waals surface area contributed by atoms with Gasteiger partial charge in [-0.05, 0) is 43.5 Å². The van der Waals surface area contributed by atoms with E-state index < -0.39 is 5.60 Å². The summed E-state index contributed by atoms with van der Waals surface area (Å²) in [5, 5.41) is 17.6. The zero-order valence-corrected chi connectivity index (χ0v) is 13.3. The first-order chi connectivity index (χ1) is 11.0. The molecule has 23 heavy (non-hydrogen) atoms. The Balaban J connectivity index is 1.86. The first kappa shape index (κ1) is 15.6. The van der Waals surface area contributed by atoms with Crippen LogP contribution in [0.25, 0.3) is 0 Å². The fourth-order valence-corrected chi connectivity index (χ4v) is 3.24. The standard InChI is InChI=1S/C17H21N3O3/c1-17(22,12-5-7-13(23-2)8-6-12)15-4-3-11-20(15)16(21)14-9-10-18-19-14/h5-10,15,22H,3-4,11H2,1-2H3,(H,18,19)/t15-,17+/m1/s1. The van der Waals surface area contributed by atoms with Gasteiger partial charge >= 0.3 is 0 Å². The van der Waals surface area contributed by atoms with Crippen LogP contribution >= 0.6 is 0 Å². The van der Waals surface area contributed by atoms with Gasteiger partial charge in [-0.3, -0.25) is 9.89 Å². The number of carbonyl (C=O) groups excluding carboxylic acids is 1. The highest BCUT2D eigenvalue weighted by atomic mass is 16.5. The summed E-state index contributed by atoms with van der Waals surface area (Å²) in [6.07, 6.45) is 3.19. The van der Waals surface area contributed by atoms with Crippen LogP contribution in [0.5, 0.6) is 5.75 Å². The molecule has 1 fully saturated rings. The Kier molecular flexibility index (Phi) is 4.09. The van der Waals surface area contributed by atoms with Gasteiger partial charge in [0.1, 0.15) is 17.0 Å². The van der Waals surface area contributed by atoms with Gasteiger partial charge in [-0.25, -0.2) is 0 Å². The summed E-state index contributed by atoms with van der Waals surface area (Å²) in [6, 6.07) is 8.71. The quantitative estimate of drug-likeness (QED) is 0.903. The summed E-state index contributed by atoms with van der Waals surface area (Å²) in [7, 11) is 1.61. The van der Waals surface area contributed by atoms with Crippen molar-refractivity contribution in [3.8, 4) is 5.75 Å². The fraction of sp³-hybridized carbons (Fsp3) is 0.412. The summed E-state index contributed by atoms with van der Waals surface area (Å²) in [5.41, 5.74) is 0.0911. The van der Waals surface area contributed by atoms with E-state index in [1.54, 1.807) is 31.2 Å². The highest BCUT2D eigenvalue weighted by Crippen LogP contribution is 2.35. The van der Waals surface area contributed by atoms with E-state index in [9.17, 15) is 9.90 Å². The maximum Gasteiger partial charge on any atom is 0.272 e. The van der Waals surface area contributed by atoms with Crippen molar-refractivity contribution >= 4 is 5.91 Å². The molecule has 0 saturated carbocycles. The molecule has 6 nitrogen and oxygen atoms in total. The molecule has 0 unspecified atom stereocenters. The number of aliphatic hydroxyl groups is 1. The normalized spacial score (nSPS) is 20.3. The van der Waals surface area contributed by atoms with Gasteiger partial charge in [0.05, 0.1) is 13.2 Å². The van der Waals surface area contributed by atoms with Crippen LogP contribution in [0, 0.1) is 0 Å². The average molecular weight is 315 g/mol. The van der Waals surface area contributed by atoms with Crippen LogP contribution in [0.1, 0.15) is 35.8 Å². The van der Waals surface area contributed by atoms with Crippen LogP contribution < -0.4 is 4.74 Å². The summed E-state index contributed by atoms with van der Waals surface area (Å²) < 4.78 is 5.16. The second-order valence-corrected chi connectivity index (χ2v) is 6.00. The molecule has 1 saturated heterocycles. The number of carbonyl (C=O) groups is 1. The monoisotopic (exact) mass is 315 g/mol. The lowest BCUT2D eigenvalue weighted by molar-refractivity contribution is -0.0179. The number of hydrogen-bond acceptors (Lipinski definition) is 4. The molecule has 3 rings (SSSR count). The lowest BCUT2D eigenvalue weighted by atomic mass is 9.86. The maximum absolute atomic E-state index is 12.6. The zero-order valence-electron chi connectivity index (χ0n) is 13.3. The van der Waals surface area contributed by atoms with Crippen molar-refractivity contribution in [3.05, 3.63) is 47.8 Å². The average Bonchev–Trinajstić information content (AvgIpc) is 3.25. The Morgan fingerprint density at radius 2 is 2.13 bits per heavy atom. The number of nitrogens with one attached hydrogen (secondary N) is 1. The van der Waals surface area contributed by atoms with Gasteiger partial charge in [0.15, 0.2) is 0 Å².